The van der Waals surface area contributed by atoms with Crippen LogP contribution in [0.15, 0.2) is 0 Å². The van der Waals surface area contributed by atoms with Gasteiger partial charge in [-0.25, -0.2) is 0 Å². The van der Waals surface area contributed by atoms with Crippen LogP contribution in [0, 0.1) is 5.92 Å². The van der Waals surface area contributed by atoms with Crippen molar-refractivity contribution < 1.29 is 144 Å². The Balaban J connectivity index is 1.19. The minimum atomic E-state index is -2.13. The zero-order valence-corrected chi connectivity index (χ0v) is 35.1. The van der Waals surface area contributed by atoms with Crippen molar-refractivity contribution in [2.24, 2.45) is 5.92 Å². The molecule has 0 saturated carbocycles. The summed E-state index contributed by atoms with van der Waals surface area (Å²) in [6.07, 6.45) is -53.7. The molecule has 22 heterocycles. The molecule has 30 atom stereocenters. The van der Waals surface area contributed by atoms with Crippen molar-refractivity contribution in [1.29, 1.82) is 0 Å². The van der Waals surface area contributed by atoms with Crippen molar-refractivity contribution in [3.8, 4) is 0 Å². The molecule has 0 radical (unpaired) electrons. The quantitative estimate of drug-likeness (QED) is 0.117. The molecule has 12 bridgehead atoms. The Hall–Kier alpha value is -1.16. The lowest BCUT2D eigenvalue weighted by Gasteiger charge is -2.51. The summed E-state index contributed by atoms with van der Waals surface area (Å²) in [5, 5.41) is 185. The van der Waals surface area contributed by atoms with Crippen LogP contribution in [0.4, 0.5) is 0 Å². The van der Waals surface area contributed by atoms with E-state index in [1.807, 2.05) is 0 Å². The third-order valence-corrected chi connectivity index (χ3v) is 13.0. The van der Waals surface area contributed by atoms with Gasteiger partial charge in [0, 0.05) is 5.92 Å². The van der Waals surface area contributed by atoms with Gasteiger partial charge in [-0.1, -0.05) is 6.92 Å². The third kappa shape index (κ3) is 10.0. The average molecular weight is 971 g/mol. The summed E-state index contributed by atoms with van der Waals surface area (Å²) in [5.74, 6) is -1.11. The first-order chi connectivity index (χ1) is 31.4. The molecule has 22 saturated heterocycles. The Kier molecular flexibility index (Phi) is 17.6. The van der Waals surface area contributed by atoms with Gasteiger partial charge in [0.1, 0.15) is 134 Å². The predicted octanol–water partition coefficient (Wildman–Crippen LogP) is -11.8. The number of ether oxygens (including phenoxy) is 12. The summed E-state index contributed by atoms with van der Waals surface area (Å²) < 4.78 is 68.8. The molecule has 22 aliphatic heterocycles. The molecule has 0 aliphatic carbocycles. The first-order valence-electron chi connectivity index (χ1n) is 21.4. The number of hydrogen-bond acceptors (Lipinski definition) is 29. The van der Waals surface area contributed by atoms with Crippen LogP contribution in [-0.4, -0.2) is 305 Å². The van der Waals surface area contributed by atoms with Gasteiger partial charge in [-0.3, -0.25) is 0 Å². The van der Waals surface area contributed by atoms with Gasteiger partial charge in [0.25, 0.3) is 0 Å². The van der Waals surface area contributed by atoms with Crippen LogP contribution < -0.4 is 0 Å². The predicted molar refractivity (Wildman–Crippen MR) is 199 cm³/mol. The Morgan fingerprint density at radius 3 is 0.591 bits per heavy atom. The standard InChI is InChI=1S/C37H62O29/c1-8-15(44)32-55-9(2-38)26(8)61-33-21(50)16(45)28(11(4-40)56-33)63-35-23(52)18(47)30(13(6-42)58-35)65-37-25(54)20(49)31(14(7-43)60-37)66-36-24(53)19(48)29(12(5-41)59-36)64-34-22(51)17(46)27(62-32)10(3-39)57-34/h8-54H,2-7H2,1H3/t8-,9-,10-,11-,12-,13-,14-,15-,16-,17-,18-,19-,20-,21-,22-,23-,24-,25-,26+,27-,28-,29-,30-,31-,32?,33?,34?,35?,36?,37?/m1/s1. The smallest absolute Gasteiger partial charge is 0.187 e. The van der Waals surface area contributed by atoms with Gasteiger partial charge in [-0.15, -0.1) is 0 Å². The van der Waals surface area contributed by atoms with Crippen molar-refractivity contribution in [3.05, 3.63) is 0 Å². The summed E-state index contributed by atoms with van der Waals surface area (Å²) in [6.45, 7) is -4.24. The van der Waals surface area contributed by atoms with E-state index in [2.05, 4.69) is 0 Å². The maximum absolute atomic E-state index is 11.4. The van der Waals surface area contributed by atoms with Crippen LogP contribution in [-0.2, 0) is 56.8 Å². The molecular formula is C37H62O29. The van der Waals surface area contributed by atoms with E-state index in [0.717, 1.165) is 0 Å². The Labute approximate surface area is 374 Å². The first-order valence-corrected chi connectivity index (χ1v) is 21.4. The van der Waals surface area contributed by atoms with Crippen LogP contribution in [0.25, 0.3) is 0 Å². The molecule has 384 valence electrons. The summed E-state index contributed by atoms with van der Waals surface area (Å²) in [7, 11) is 0. The van der Waals surface area contributed by atoms with Crippen LogP contribution in [0.1, 0.15) is 6.92 Å². The van der Waals surface area contributed by atoms with E-state index in [-0.39, 0.29) is 0 Å². The van der Waals surface area contributed by atoms with Crippen molar-refractivity contribution in [1.82, 2.24) is 0 Å². The van der Waals surface area contributed by atoms with E-state index in [4.69, 9.17) is 56.8 Å². The Bertz CT molecular complexity index is 1230. The lowest BCUT2D eigenvalue weighted by atomic mass is 9.89. The molecule has 0 aromatic carbocycles. The van der Waals surface area contributed by atoms with Gasteiger partial charge < -0.3 is 144 Å². The lowest BCUT2D eigenvalue weighted by Crippen LogP contribution is -2.68. The molecule has 22 rings (SSSR count). The first kappa shape index (κ1) is 52.7. The van der Waals surface area contributed by atoms with Crippen LogP contribution in [0.5, 0.6) is 0 Å². The number of aliphatic hydroxyl groups excluding tert-OH is 17. The highest BCUT2D eigenvalue weighted by Gasteiger charge is 2.58. The number of rotatable bonds is 6. The van der Waals surface area contributed by atoms with Gasteiger partial charge in [-0.05, 0) is 0 Å². The van der Waals surface area contributed by atoms with Gasteiger partial charge in [0.15, 0.2) is 37.7 Å². The zero-order valence-electron chi connectivity index (χ0n) is 35.1. The average Bonchev–Trinajstić information content (AvgIpc) is 3.31. The number of hydrogen-bond donors (Lipinski definition) is 17. The van der Waals surface area contributed by atoms with Gasteiger partial charge in [-0.2, -0.15) is 0 Å². The Morgan fingerprint density at radius 2 is 0.394 bits per heavy atom. The van der Waals surface area contributed by atoms with E-state index in [9.17, 15) is 86.8 Å². The van der Waals surface area contributed by atoms with Gasteiger partial charge in [0.2, 0.25) is 0 Å². The van der Waals surface area contributed by atoms with Gasteiger partial charge >= 0.3 is 0 Å². The second kappa shape index (κ2) is 22.1. The summed E-state index contributed by atoms with van der Waals surface area (Å²) in [5.41, 5.74) is 0. The zero-order chi connectivity index (χ0) is 48.0. The summed E-state index contributed by atoms with van der Waals surface area (Å²) >= 11 is 0. The fourth-order valence-corrected chi connectivity index (χ4v) is 9.18. The third-order valence-electron chi connectivity index (χ3n) is 13.0. The van der Waals surface area contributed by atoms with Crippen molar-refractivity contribution in [2.75, 3.05) is 39.6 Å². The normalized spacial score (nSPS) is 55.4. The molecule has 6 unspecified atom stereocenters. The fraction of sp³-hybridized carbons (Fsp3) is 1.00. The van der Waals surface area contributed by atoms with Crippen LogP contribution in [0.3, 0.4) is 0 Å². The molecule has 0 amide bonds. The minimum Gasteiger partial charge on any atom is -0.394 e. The molecule has 0 spiro atoms. The topological polar surface area (TPSA) is 455 Å². The van der Waals surface area contributed by atoms with Crippen molar-refractivity contribution in [2.45, 2.75) is 185 Å². The molecule has 29 heteroatoms. The highest BCUT2D eigenvalue weighted by Crippen LogP contribution is 2.39. The molecule has 29 nitrogen and oxygen atoms in total. The maximum atomic E-state index is 11.4. The minimum absolute atomic E-state index is 0.839. The second-order valence-electron chi connectivity index (χ2n) is 17.2. The van der Waals surface area contributed by atoms with E-state index in [0.29, 0.717) is 0 Å². The largest absolute Gasteiger partial charge is 0.394 e. The summed E-state index contributed by atoms with van der Waals surface area (Å²) in [4.78, 5) is 0. The van der Waals surface area contributed by atoms with Gasteiger partial charge in [0.05, 0.1) is 45.7 Å². The second-order valence-corrected chi connectivity index (χ2v) is 17.2. The summed E-state index contributed by atoms with van der Waals surface area (Å²) in [6, 6.07) is 0. The molecule has 0 aromatic heterocycles. The maximum Gasteiger partial charge on any atom is 0.187 e. The lowest BCUT2D eigenvalue weighted by molar-refractivity contribution is -0.402. The monoisotopic (exact) mass is 970 g/mol. The van der Waals surface area contributed by atoms with E-state index < -0.39 is 224 Å². The molecule has 22 fully saturated rings. The molecule has 22 aliphatic rings. The van der Waals surface area contributed by atoms with Crippen molar-refractivity contribution in [3.63, 3.8) is 0 Å². The Morgan fingerprint density at radius 1 is 0.227 bits per heavy atom. The van der Waals surface area contributed by atoms with E-state index in [1.165, 1.54) is 6.92 Å². The highest BCUT2D eigenvalue weighted by molar-refractivity contribution is 5.00. The van der Waals surface area contributed by atoms with Crippen molar-refractivity contribution >= 4 is 0 Å². The van der Waals surface area contributed by atoms with Crippen LogP contribution >= 0.6 is 0 Å². The molecular weight excluding hydrogens is 908 g/mol. The van der Waals surface area contributed by atoms with E-state index >= 15 is 0 Å². The molecule has 66 heavy (non-hydrogen) atoms. The van der Waals surface area contributed by atoms with E-state index in [1.54, 1.807) is 0 Å². The SMILES string of the molecule is C[C@H]1[C@@H]2OC3O[C@H](CO)[C@@H](OC4O[C@H](CO)[C@@H](OC5O[C@H](CO)[C@@H](OC6O[C@H](CO)[C@@H](OC7O[C@H](CO)[C@@H](OC(O[C@@H]2CO)[C@@H]1O)[C@H](O)[C@H]7O)[C@H](O)[C@H]6O)[C@H](O)[C@H]5O)[C@H](O)[C@H]4O)[C@H](O)[C@H]3O. The van der Waals surface area contributed by atoms with Crippen LogP contribution in [0.2, 0.25) is 0 Å². The fourth-order valence-electron chi connectivity index (χ4n) is 9.18. The number of aliphatic hydroxyl groups is 17. The highest BCUT2D eigenvalue weighted by atomic mass is 16.8. The molecule has 17 N–H and O–H groups in total. The molecule has 0 aromatic rings.